The van der Waals surface area contributed by atoms with E-state index >= 15 is 0 Å². The van der Waals surface area contributed by atoms with Crippen molar-refractivity contribution in [2.45, 2.75) is 27.2 Å². The van der Waals surface area contributed by atoms with Gasteiger partial charge in [0, 0.05) is 10.5 Å². The smallest absolute Gasteiger partial charge is 0.344 e. The third-order valence-corrected chi connectivity index (χ3v) is 4.70. The first kappa shape index (κ1) is 17.4. The molecule has 0 fully saturated rings. The highest BCUT2D eigenvalue weighted by molar-refractivity contribution is 9.10. The number of rotatable bonds is 4. The molecule has 25 heavy (non-hydrogen) atoms. The van der Waals surface area contributed by atoms with Gasteiger partial charge in [-0.2, -0.15) is 5.10 Å². The van der Waals surface area contributed by atoms with E-state index in [1.54, 1.807) is 16.8 Å². The number of halogens is 1. The minimum Gasteiger partial charge on any atom is -0.404 e. The average Bonchev–Trinajstić information content (AvgIpc) is 3.00. The molecule has 0 atom stereocenters. The van der Waals surface area contributed by atoms with E-state index in [2.05, 4.69) is 34.0 Å². The Balaban J connectivity index is 1.99. The first-order valence-electron chi connectivity index (χ1n) is 8.13. The van der Waals surface area contributed by atoms with Crippen molar-refractivity contribution in [1.29, 1.82) is 0 Å². The van der Waals surface area contributed by atoms with E-state index in [4.69, 9.17) is 4.74 Å². The second kappa shape index (κ2) is 7.23. The number of carbonyl (C=O) groups is 1. The van der Waals surface area contributed by atoms with E-state index in [9.17, 15) is 4.79 Å². The van der Waals surface area contributed by atoms with Crippen LogP contribution in [-0.4, -0.2) is 15.7 Å². The summed E-state index contributed by atoms with van der Waals surface area (Å²) in [6.07, 6.45) is 0.765. The van der Waals surface area contributed by atoms with Crippen LogP contribution in [0.15, 0.2) is 53.0 Å². The number of aryl methyl sites for hydroxylation is 2. The zero-order valence-electron chi connectivity index (χ0n) is 14.4. The molecule has 128 valence electrons. The molecule has 0 spiro atoms. The number of ether oxygens (including phenoxy) is 1. The lowest BCUT2D eigenvalue weighted by molar-refractivity contribution is 0.0723. The molecule has 0 N–H and O–H groups in total. The van der Waals surface area contributed by atoms with Crippen molar-refractivity contribution in [3.63, 3.8) is 0 Å². The Hall–Kier alpha value is -2.40. The van der Waals surface area contributed by atoms with Crippen LogP contribution in [0.3, 0.4) is 0 Å². The molecule has 4 nitrogen and oxygen atoms in total. The number of hydrogen-bond acceptors (Lipinski definition) is 3. The monoisotopic (exact) mass is 398 g/mol. The van der Waals surface area contributed by atoms with Crippen molar-refractivity contribution in [3.8, 4) is 11.6 Å². The van der Waals surface area contributed by atoms with Crippen LogP contribution in [0.5, 0.6) is 5.88 Å². The second-order valence-corrected chi connectivity index (χ2v) is 6.77. The largest absolute Gasteiger partial charge is 0.404 e. The summed E-state index contributed by atoms with van der Waals surface area (Å²) in [5.74, 6) is 0.0278. The molecule has 1 heterocycles. The lowest BCUT2D eigenvalue weighted by Gasteiger charge is -2.12. The summed E-state index contributed by atoms with van der Waals surface area (Å²) < 4.78 is 8.27. The summed E-state index contributed by atoms with van der Waals surface area (Å²) in [4.78, 5) is 12.5. The summed E-state index contributed by atoms with van der Waals surface area (Å²) >= 11 is 3.36. The predicted octanol–water partition coefficient (Wildman–Crippen LogP) is 5.03. The van der Waals surface area contributed by atoms with Gasteiger partial charge in [0.2, 0.25) is 5.88 Å². The van der Waals surface area contributed by atoms with Crippen LogP contribution in [-0.2, 0) is 6.42 Å². The maximum absolute atomic E-state index is 12.5. The quantitative estimate of drug-likeness (QED) is 0.578. The van der Waals surface area contributed by atoms with Crippen LogP contribution < -0.4 is 4.74 Å². The van der Waals surface area contributed by atoms with Crippen LogP contribution in [0.25, 0.3) is 5.69 Å². The van der Waals surface area contributed by atoms with Gasteiger partial charge in [0.1, 0.15) is 0 Å². The van der Waals surface area contributed by atoms with Crippen molar-refractivity contribution >= 4 is 21.9 Å². The summed E-state index contributed by atoms with van der Waals surface area (Å²) in [5.41, 5.74) is 4.55. The van der Waals surface area contributed by atoms with Crippen molar-refractivity contribution < 1.29 is 9.53 Å². The highest BCUT2D eigenvalue weighted by Crippen LogP contribution is 2.25. The minimum absolute atomic E-state index is 0.401. The van der Waals surface area contributed by atoms with Crippen molar-refractivity contribution in [2.24, 2.45) is 0 Å². The van der Waals surface area contributed by atoms with Crippen molar-refractivity contribution in [3.05, 3.63) is 75.4 Å². The highest BCUT2D eigenvalue weighted by atomic mass is 79.9. The Labute approximate surface area is 155 Å². The Morgan fingerprint density at radius 1 is 1.16 bits per heavy atom. The van der Waals surface area contributed by atoms with Gasteiger partial charge in [-0.25, -0.2) is 9.48 Å². The zero-order chi connectivity index (χ0) is 18.0. The zero-order valence-corrected chi connectivity index (χ0v) is 16.0. The Bertz CT molecular complexity index is 914. The molecule has 0 unspecified atom stereocenters. The van der Waals surface area contributed by atoms with Crippen LogP contribution in [0, 0.1) is 13.8 Å². The first-order valence-corrected chi connectivity index (χ1v) is 8.92. The maximum atomic E-state index is 12.5. The van der Waals surface area contributed by atoms with Gasteiger partial charge in [-0.1, -0.05) is 35.0 Å². The Kier molecular flexibility index (Phi) is 5.04. The van der Waals surface area contributed by atoms with Crippen LogP contribution in [0.1, 0.15) is 34.1 Å². The molecule has 0 saturated heterocycles. The highest BCUT2D eigenvalue weighted by Gasteiger charge is 2.17. The molecule has 0 amide bonds. The summed E-state index contributed by atoms with van der Waals surface area (Å²) in [7, 11) is 0. The van der Waals surface area contributed by atoms with E-state index in [0.717, 1.165) is 33.4 Å². The van der Waals surface area contributed by atoms with E-state index in [1.807, 2.05) is 44.2 Å². The average molecular weight is 399 g/mol. The van der Waals surface area contributed by atoms with E-state index in [-0.39, 0.29) is 0 Å². The van der Waals surface area contributed by atoms with Gasteiger partial charge in [-0.05, 0) is 61.7 Å². The van der Waals surface area contributed by atoms with Gasteiger partial charge in [-0.15, -0.1) is 0 Å². The van der Waals surface area contributed by atoms with Gasteiger partial charge < -0.3 is 4.74 Å². The molecular formula is C20H19BrN2O2. The lowest BCUT2D eigenvalue weighted by atomic mass is 10.1. The maximum Gasteiger partial charge on any atom is 0.344 e. The second-order valence-electron chi connectivity index (χ2n) is 5.85. The van der Waals surface area contributed by atoms with Crippen LogP contribution in [0.2, 0.25) is 0 Å². The predicted molar refractivity (Wildman–Crippen MR) is 102 cm³/mol. The molecule has 0 bridgehead atoms. The van der Waals surface area contributed by atoms with Crippen molar-refractivity contribution in [1.82, 2.24) is 9.78 Å². The molecule has 0 aliphatic rings. The van der Waals surface area contributed by atoms with Gasteiger partial charge in [0.25, 0.3) is 0 Å². The van der Waals surface area contributed by atoms with E-state index in [0.29, 0.717) is 11.4 Å². The molecule has 3 rings (SSSR count). The molecule has 0 saturated carbocycles. The SMILES string of the molecule is CCc1cc(OC(=O)c2ccc(Br)cc2)n(-c2cccc(C)c2C)n1. The third kappa shape index (κ3) is 3.66. The van der Waals surface area contributed by atoms with Crippen LogP contribution in [0.4, 0.5) is 0 Å². The number of carbonyl (C=O) groups excluding carboxylic acids is 1. The minimum atomic E-state index is -0.401. The molecule has 3 aromatic rings. The fourth-order valence-electron chi connectivity index (χ4n) is 2.53. The molecule has 1 aromatic heterocycles. The standard InChI is InChI=1S/C20H19BrN2O2/c1-4-17-12-19(25-20(24)15-8-10-16(21)11-9-15)23(22-17)18-7-5-6-13(2)14(18)3/h5-12H,4H2,1-3H3. The number of benzene rings is 2. The van der Waals surface area contributed by atoms with Gasteiger partial charge in [0.05, 0.1) is 16.9 Å². The third-order valence-electron chi connectivity index (χ3n) is 4.17. The molecule has 2 aromatic carbocycles. The fraction of sp³-hybridized carbons (Fsp3) is 0.200. The number of hydrogen-bond donors (Lipinski definition) is 0. The number of esters is 1. The van der Waals surface area contributed by atoms with Crippen LogP contribution >= 0.6 is 15.9 Å². The summed E-state index contributed by atoms with van der Waals surface area (Å²) in [6, 6.07) is 14.9. The lowest BCUT2D eigenvalue weighted by Crippen LogP contribution is -2.12. The molecule has 0 radical (unpaired) electrons. The molecule has 0 aliphatic carbocycles. The summed E-state index contributed by atoms with van der Waals surface area (Å²) in [5, 5.41) is 4.59. The fourth-order valence-corrected chi connectivity index (χ4v) is 2.80. The normalized spacial score (nSPS) is 10.7. The van der Waals surface area contributed by atoms with Gasteiger partial charge in [0.15, 0.2) is 0 Å². The molecule has 0 aliphatic heterocycles. The van der Waals surface area contributed by atoms with E-state index < -0.39 is 5.97 Å². The molecule has 5 heteroatoms. The van der Waals surface area contributed by atoms with Crippen molar-refractivity contribution in [2.75, 3.05) is 0 Å². The molecular weight excluding hydrogens is 380 g/mol. The number of nitrogens with zero attached hydrogens (tertiary/aromatic N) is 2. The first-order chi connectivity index (χ1) is 12.0. The number of aromatic nitrogens is 2. The van der Waals surface area contributed by atoms with Gasteiger partial charge in [-0.3, -0.25) is 0 Å². The Morgan fingerprint density at radius 3 is 2.56 bits per heavy atom. The van der Waals surface area contributed by atoms with E-state index in [1.165, 1.54) is 0 Å². The Morgan fingerprint density at radius 2 is 1.88 bits per heavy atom. The topological polar surface area (TPSA) is 44.1 Å². The summed E-state index contributed by atoms with van der Waals surface area (Å²) in [6.45, 7) is 6.12. The van der Waals surface area contributed by atoms with Gasteiger partial charge >= 0.3 is 5.97 Å².